The highest BCUT2D eigenvalue weighted by Crippen LogP contribution is 2.77. The van der Waals surface area contributed by atoms with E-state index in [-0.39, 0.29) is 16.9 Å². The molecule has 0 saturated heterocycles. The summed E-state index contributed by atoms with van der Waals surface area (Å²) in [4.78, 5) is 0. The van der Waals surface area contributed by atoms with E-state index in [1.54, 1.807) is 0 Å². The summed E-state index contributed by atoms with van der Waals surface area (Å²) in [5.74, 6) is 3.33. The fourth-order valence-electron chi connectivity index (χ4n) is 11.5. The summed E-state index contributed by atoms with van der Waals surface area (Å²) in [6.07, 6.45) is 12.2. The molecule has 2 nitrogen and oxygen atoms in total. The van der Waals surface area contributed by atoms with Crippen LogP contribution in [-0.2, 0) is 0 Å². The predicted octanol–water partition coefficient (Wildman–Crippen LogP) is 7.00. The summed E-state index contributed by atoms with van der Waals surface area (Å²) in [6.45, 7) is 19.7. The molecule has 2 N–H and O–H groups in total. The van der Waals surface area contributed by atoms with Gasteiger partial charge in [-0.25, -0.2) is 0 Å². The maximum Gasteiger partial charge on any atom is 0.0594 e. The highest BCUT2D eigenvalue weighted by Gasteiger charge is 2.70. The Bertz CT molecular complexity index is 786. The summed E-state index contributed by atoms with van der Waals surface area (Å²) in [7, 11) is 0. The van der Waals surface area contributed by atoms with Gasteiger partial charge in [0, 0.05) is 6.61 Å². The van der Waals surface area contributed by atoms with Gasteiger partial charge in [0.15, 0.2) is 0 Å². The number of allylic oxidation sites excluding steroid dienone is 1. The first-order valence-corrected chi connectivity index (χ1v) is 13.8. The Morgan fingerprint density at radius 1 is 0.812 bits per heavy atom. The van der Waals surface area contributed by atoms with Crippen LogP contribution in [0.1, 0.15) is 106 Å². The maximum absolute atomic E-state index is 10.9. The lowest BCUT2D eigenvalue weighted by Crippen LogP contribution is -2.66. The predicted molar refractivity (Wildman–Crippen MR) is 132 cm³/mol. The van der Waals surface area contributed by atoms with Gasteiger partial charge in [0.2, 0.25) is 0 Å². The van der Waals surface area contributed by atoms with Gasteiger partial charge in [-0.05, 0) is 128 Å². The molecule has 0 aromatic heterocycles. The van der Waals surface area contributed by atoms with Crippen LogP contribution in [0.3, 0.4) is 0 Å². The van der Waals surface area contributed by atoms with E-state index in [0.717, 1.165) is 18.3 Å². The van der Waals surface area contributed by atoms with E-state index >= 15 is 0 Å². The molecule has 5 rings (SSSR count). The molecule has 10 atom stereocenters. The zero-order valence-corrected chi connectivity index (χ0v) is 21.8. The van der Waals surface area contributed by atoms with Crippen LogP contribution < -0.4 is 0 Å². The third-order valence-electron chi connectivity index (χ3n) is 13.5. The first kappa shape index (κ1) is 23.4. The molecule has 0 aromatic carbocycles. The van der Waals surface area contributed by atoms with Crippen LogP contribution in [0.15, 0.2) is 12.2 Å². The normalized spacial score (nSPS) is 56.5. The average Bonchev–Trinajstić information content (AvgIpc) is 3.12. The average molecular weight is 443 g/mol. The molecule has 0 amide bonds. The highest BCUT2D eigenvalue weighted by molar-refractivity contribution is 5.21. The van der Waals surface area contributed by atoms with Crippen molar-refractivity contribution >= 4 is 0 Å². The highest BCUT2D eigenvalue weighted by atomic mass is 16.3. The molecule has 5 aliphatic carbocycles. The summed E-state index contributed by atoms with van der Waals surface area (Å²) < 4.78 is 0. The molecule has 6 unspecified atom stereocenters. The van der Waals surface area contributed by atoms with Crippen LogP contribution in [0.25, 0.3) is 0 Å². The van der Waals surface area contributed by atoms with E-state index in [9.17, 15) is 10.2 Å². The summed E-state index contributed by atoms with van der Waals surface area (Å²) in [5, 5.41) is 21.5. The van der Waals surface area contributed by atoms with Gasteiger partial charge in [-0.2, -0.15) is 0 Å². The minimum absolute atomic E-state index is 0.0290. The second kappa shape index (κ2) is 7.09. The van der Waals surface area contributed by atoms with Crippen LogP contribution >= 0.6 is 0 Å². The van der Waals surface area contributed by atoms with Gasteiger partial charge in [0.1, 0.15) is 0 Å². The molecule has 0 heterocycles. The van der Waals surface area contributed by atoms with Crippen LogP contribution in [0.2, 0.25) is 0 Å². The molecule has 32 heavy (non-hydrogen) atoms. The third kappa shape index (κ3) is 2.66. The van der Waals surface area contributed by atoms with Crippen molar-refractivity contribution in [3.63, 3.8) is 0 Å². The van der Waals surface area contributed by atoms with E-state index < -0.39 is 0 Å². The molecular formula is C30H50O2. The van der Waals surface area contributed by atoms with Crippen molar-refractivity contribution in [2.45, 2.75) is 112 Å². The fourth-order valence-corrected chi connectivity index (χ4v) is 11.5. The van der Waals surface area contributed by atoms with Crippen LogP contribution in [0.5, 0.6) is 0 Å². The molecule has 0 aromatic rings. The van der Waals surface area contributed by atoms with E-state index in [0.29, 0.717) is 40.6 Å². The topological polar surface area (TPSA) is 40.5 Å². The van der Waals surface area contributed by atoms with Crippen molar-refractivity contribution in [2.75, 3.05) is 6.61 Å². The molecule has 0 aliphatic heterocycles. The van der Waals surface area contributed by atoms with Gasteiger partial charge >= 0.3 is 0 Å². The first-order valence-electron chi connectivity index (χ1n) is 13.8. The molecule has 182 valence electrons. The van der Waals surface area contributed by atoms with E-state index in [2.05, 4.69) is 48.1 Å². The molecule has 0 radical (unpaired) electrons. The number of aliphatic hydroxyl groups excluding tert-OH is 2. The Labute approximate surface area is 197 Å². The van der Waals surface area contributed by atoms with Crippen molar-refractivity contribution < 1.29 is 10.2 Å². The van der Waals surface area contributed by atoms with Gasteiger partial charge < -0.3 is 10.2 Å². The molecule has 0 spiro atoms. The van der Waals surface area contributed by atoms with Crippen molar-refractivity contribution in [3.05, 3.63) is 12.2 Å². The quantitative estimate of drug-likeness (QED) is 0.452. The third-order valence-corrected chi connectivity index (χ3v) is 13.5. The maximum atomic E-state index is 10.9. The van der Waals surface area contributed by atoms with Gasteiger partial charge in [-0.1, -0.05) is 46.8 Å². The number of fused-ring (bicyclic) bond motifs is 7. The number of aliphatic hydroxyl groups is 2. The smallest absolute Gasteiger partial charge is 0.0594 e. The molecular weight excluding hydrogens is 392 g/mol. The van der Waals surface area contributed by atoms with Crippen LogP contribution in [-0.4, -0.2) is 22.9 Å². The van der Waals surface area contributed by atoms with E-state index in [4.69, 9.17) is 0 Å². The Hall–Kier alpha value is -0.340. The van der Waals surface area contributed by atoms with Gasteiger partial charge in [0.05, 0.1) is 6.10 Å². The Morgan fingerprint density at radius 3 is 2.19 bits per heavy atom. The van der Waals surface area contributed by atoms with Crippen LogP contribution in [0.4, 0.5) is 0 Å². The molecule has 0 bridgehead atoms. The van der Waals surface area contributed by atoms with Gasteiger partial charge in [-0.15, -0.1) is 0 Å². The zero-order valence-electron chi connectivity index (χ0n) is 21.8. The number of hydrogen-bond acceptors (Lipinski definition) is 2. The largest absolute Gasteiger partial charge is 0.396 e. The summed E-state index contributed by atoms with van der Waals surface area (Å²) >= 11 is 0. The summed E-state index contributed by atoms with van der Waals surface area (Å²) in [5.41, 5.74) is 2.60. The first-order chi connectivity index (χ1) is 14.9. The number of hydrogen-bond donors (Lipinski definition) is 2. The minimum atomic E-state index is -0.147. The lowest BCUT2D eigenvalue weighted by molar-refractivity contribution is -0.249. The van der Waals surface area contributed by atoms with Crippen molar-refractivity contribution in [3.8, 4) is 0 Å². The molecule has 5 fully saturated rings. The Kier molecular flexibility index (Phi) is 5.19. The van der Waals surface area contributed by atoms with Crippen molar-refractivity contribution in [1.29, 1.82) is 0 Å². The van der Waals surface area contributed by atoms with E-state index in [1.165, 1.54) is 63.4 Å². The van der Waals surface area contributed by atoms with Crippen LogP contribution in [0, 0.1) is 56.7 Å². The second-order valence-corrected chi connectivity index (χ2v) is 14.6. The Morgan fingerprint density at radius 2 is 1.53 bits per heavy atom. The van der Waals surface area contributed by atoms with E-state index in [1.807, 2.05) is 0 Å². The lowest BCUT2D eigenvalue weighted by atomic mass is 9.32. The number of rotatable bonds is 2. The van der Waals surface area contributed by atoms with Crippen molar-refractivity contribution in [1.82, 2.24) is 0 Å². The van der Waals surface area contributed by atoms with Gasteiger partial charge in [-0.3, -0.25) is 0 Å². The second-order valence-electron chi connectivity index (χ2n) is 14.6. The Balaban J connectivity index is 1.55. The molecule has 5 aliphatic rings. The molecule has 5 saturated carbocycles. The molecule has 2 heteroatoms. The SMILES string of the molecule is C=C(C)[C@@H]1CCC2(CO)CC[C@]3(C)C(CCC4C5(C)CC[C@H](O)C(C)(C)C5CC[C@]43C)C12. The minimum Gasteiger partial charge on any atom is -0.396 e. The van der Waals surface area contributed by atoms with Crippen molar-refractivity contribution in [2.24, 2.45) is 56.7 Å². The standard InChI is InChI=1S/C30H50O2/c1-19(2)20-10-15-30(18-31)17-16-28(6)21(25(20)30)8-9-23-27(5)13-12-24(32)26(3,4)22(27)11-14-29(23,28)7/h20-25,31-32H,1,8-18H2,2-7H3/t20-,21?,22?,23?,24-,25?,27?,28+,29+,30?/m0/s1. The lowest BCUT2D eigenvalue weighted by Gasteiger charge is -2.73. The summed E-state index contributed by atoms with van der Waals surface area (Å²) in [6, 6.07) is 0. The zero-order chi connectivity index (χ0) is 23.3. The fraction of sp³-hybridized carbons (Fsp3) is 0.933. The monoisotopic (exact) mass is 442 g/mol. The van der Waals surface area contributed by atoms with Gasteiger partial charge in [0.25, 0.3) is 0 Å².